The van der Waals surface area contributed by atoms with Crippen LogP contribution in [0.15, 0.2) is 12.1 Å². The quantitative estimate of drug-likeness (QED) is 0.191. The fraction of sp³-hybridized carbons (Fsp3) is 0.781. The molecule has 0 aromatic heterocycles. The molecule has 0 heterocycles. The summed E-state index contributed by atoms with van der Waals surface area (Å²) in [7, 11) is -4.32. The second-order valence-electron chi connectivity index (χ2n) is 13.2. The molecule has 1 N–H and O–H groups in total. The Bertz CT molecular complexity index is 939. The average molecular weight is 567 g/mol. The van der Waals surface area contributed by atoms with E-state index in [0.29, 0.717) is 23.1 Å². The van der Waals surface area contributed by atoms with Gasteiger partial charge < -0.3 is 5.11 Å². The van der Waals surface area contributed by atoms with Crippen LogP contribution >= 0.6 is 0 Å². The summed E-state index contributed by atoms with van der Waals surface area (Å²) in [5, 5.41) is 10.5. The maximum absolute atomic E-state index is 14.3. The lowest BCUT2D eigenvalue weighted by molar-refractivity contribution is 0.205. The van der Waals surface area contributed by atoms with Gasteiger partial charge in [0, 0.05) is 13.1 Å². The number of hydrogen-bond donors (Lipinski definition) is 1. The van der Waals surface area contributed by atoms with Gasteiger partial charge in [-0.15, -0.1) is 0 Å². The van der Waals surface area contributed by atoms with Crippen LogP contribution in [0.1, 0.15) is 149 Å². The van der Waals surface area contributed by atoms with E-state index in [4.69, 9.17) is 0 Å². The van der Waals surface area contributed by atoms with Gasteiger partial charge in [0.05, 0.1) is 5.69 Å². The smallest absolute Gasteiger partial charge is 0.426 e. The van der Waals surface area contributed by atoms with Gasteiger partial charge in [-0.2, -0.15) is 17.0 Å². The van der Waals surface area contributed by atoms with E-state index >= 15 is 0 Å². The molecule has 0 saturated carbocycles. The van der Waals surface area contributed by atoms with Crippen LogP contribution in [-0.4, -0.2) is 37.0 Å². The lowest BCUT2D eigenvalue weighted by atomic mass is 9.77. The summed E-state index contributed by atoms with van der Waals surface area (Å²) < 4.78 is 30.8. The van der Waals surface area contributed by atoms with Crippen molar-refractivity contribution in [1.82, 2.24) is 4.31 Å². The molecule has 0 unspecified atom stereocenters. The van der Waals surface area contributed by atoms with Gasteiger partial charge in [0.2, 0.25) is 0 Å². The van der Waals surface area contributed by atoms with Gasteiger partial charge in [-0.3, -0.25) is 0 Å². The number of unbranched alkanes of at least 4 members (excludes halogenated alkanes) is 10. The van der Waals surface area contributed by atoms with E-state index in [1.54, 1.807) is 0 Å². The number of carbonyl (C=O) groups is 1. The average Bonchev–Trinajstić information content (AvgIpc) is 2.81. The fourth-order valence-electron chi connectivity index (χ4n) is 5.05. The summed E-state index contributed by atoms with van der Waals surface area (Å²) in [4.78, 5) is 12.9. The maximum Gasteiger partial charge on any atom is 0.426 e. The zero-order valence-corrected chi connectivity index (χ0v) is 27.3. The van der Waals surface area contributed by atoms with Crippen molar-refractivity contribution < 1.29 is 18.3 Å². The molecule has 0 aliphatic rings. The number of nitrogens with zero attached hydrogens (tertiary/aromatic N) is 2. The molecule has 0 fully saturated rings. The molecule has 39 heavy (non-hydrogen) atoms. The Morgan fingerprint density at radius 1 is 0.718 bits per heavy atom. The summed E-state index contributed by atoms with van der Waals surface area (Å²) in [5.41, 5.74) is 1.85. The number of aryl methyl sites for hydroxylation is 1. The number of rotatable bonds is 17. The first-order chi connectivity index (χ1) is 18.1. The molecule has 0 atom stereocenters. The first-order valence-electron chi connectivity index (χ1n) is 15.3. The Hall–Kier alpha value is -1.60. The minimum absolute atomic E-state index is 0.295. The molecule has 226 valence electrons. The summed E-state index contributed by atoms with van der Waals surface area (Å²) in [6.07, 6.45) is 11.0. The third-order valence-corrected chi connectivity index (χ3v) is 9.14. The van der Waals surface area contributed by atoms with Crippen molar-refractivity contribution in [1.29, 1.82) is 0 Å². The van der Waals surface area contributed by atoms with E-state index < -0.39 is 27.1 Å². The SMILES string of the molecule is CCCCCCCCN(CCCCCCCC)S(=O)(=O)N(C(=O)O)c1c(C(C)(C)C)cc(C)cc1C(C)(C)C. The number of anilines is 1. The molecule has 1 rings (SSSR count). The van der Waals surface area contributed by atoms with Crippen molar-refractivity contribution in [3.63, 3.8) is 0 Å². The second-order valence-corrected chi connectivity index (χ2v) is 15.0. The number of hydrogen-bond acceptors (Lipinski definition) is 3. The summed E-state index contributed by atoms with van der Waals surface area (Å²) in [6, 6.07) is 3.89. The Morgan fingerprint density at radius 2 is 1.08 bits per heavy atom. The predicted molar refractivity (Wildman–Crippen MR) is 166 cm³/mol. The lowest BCUT2D eigenvalue weighted by Gasteiger charge is -2.36. The Balaban J connectivity index is 3.54. The largest absolute Gasteiger partial charge is 0.464 e. The van der Waals surface area contributed by atoms with E-state index in [9.17, 15) is 18.3 Å². The van der Waals surface area contributed by atoms with Crippen molar-refractivity contribution in [2.45, 2.75) is 150 Å². The van der Waals surface area contributed by atoms with Crippen LogP contribution in [0.2, 0.25) is 0 Å². The van der Waals surface area contributed by atoms with Crippen LogP contribution < -0.4 is 4.31 Å². The van der Waals surface area contributed by atoms with Gasteiger partial charge >= 0.3 is 16.3 Å². The van der Waals surface area contributed by atoms with Crippen LogP contribution in [0.25, 0.3) is 0 Å². The highest BCUT2D eigenvalue weighted by Gasteiger charge is 2.40. The Kier molecular flexibility index (Phi) is 14.5. The molecule has 1 aromatic carbocycles. The molecule has 0 radical (unpaired) electrons. The fourth-order valence-corrected chi connectivity index (χ4v) is 6.62. The van der Waals surface area contributed by atoms with E-state index in [1.807, 2.05) is 60.6 Å². The molecule has 0 bridgehead atoms. The van der Waals surface area contributed by atoms with Gasteiger partial charge in [0.1, 0.15) is 0 Å². The molecule has 6 nitrogen and oxygen atoms in total. The van der Waals surface area contributed by atoms with Gasteiger partial charge in [-0.05, 0) is 41.7 Å². The summed E-state index contributed by atoms with van der Waals surface area (Å²) >= 11 is 0. The molecule has 0 spiro atoms. The molecular formula is C32H58N2O4S. The highest BCUT2D eigenvalue weighted by atomic mass is 32.2. The standard InChI is InChI=1S/C32H58N2O4S/c1-10-12-14-16-18-20-22-33(23-21-19-17-15-13-11-2)39(37,38)34(30(35)36)29-27(31(4,5)6)24-26(3)25-28(29)32(7,8)9/h24-25H,10-23H2,1-9H3,(H,35,36). The topological polar surface area (TPSA) is 77.9 Å². The van der Waals surface area contributed by atoms with Gasteiger partial charge in [-0.1, -0.05) is 137 Å². The Labute approximate surface area is 240 Å². The highest BCUT2D eigenvalue weighted by molar-refractivity contribution is 7.91. The third-order valence-electron chi connectivity index (χ3n) is 7.33. The van der Waals surface area contributed by atoms with E-state index in [2.05, 4.69) is 13.8 Å². The molecule has 0 aliphatic carbocycles. The number of benzene rings is 1. The van der Waals surface area contributed by atoms with Gasteiger partial charge in [0.25, 0.3) is 0 Å². The molecule has 1 aromatic rings. The normalized spacial score (nSPS) is 12.8. The lowest BCUT2D eigenvalue weighted by Crippen LogP contribution is -2.48. The zero-order chi connectivity index (χ0) is 29.9. The van der Waals surface area contributed by atoms with Crippen molar-refractivity contribution in [2.75, 3.05) is 17.4 Å². The first kappa shape index (κ1) is 35.4. The summed E-state index contributed by atoms with van der Waals surface area (Å²) in [6.45, 7) is 19.1. The van der Waals surface area contributed by atoms with Crippen molar-refractivity contribution >= 4 is 22.0 Å². The van der Waals surface area contributed by atoms with Crippen LogP contribution in [0.4, 0.5) is 10.5 Å². The van der Waals surface area contributed by atoms with Crippen molar-refractivity contribution in [3.05, 3.63) is 28.8 Å². The third kappa shape index (κ3) is 11.1. The molecular weight excluding hydrogens is 508 g/mol. The van der Waals surface area contributed by atoms with E-state index in [1.165, 1.54) is 17.1 Å². The minimum atomic E-state index is -4.32. The monoisotopic (exact) mass is 566 g/mol. The first-order valence-corrected chi connectivity index (χ1v) is 16.7. The van der Waals surface area contributed by atoms with E-state index in [-0.39, 0.29) is 0 Å². The molecule has 7 heteroatoms. The van der Waals surface area contributed by atoms with Crippen LogP contribution in [-0.2, 0) is 21.0 Å². The van der Waals surface area contributed by atoms with Crippen LogP contribution in [0.3, 0.4) is 0 Å². The molecule has 0 saturated heterocycles. The Morgan fingerprint density at radius 3 is 1.41 bits per heavy atom. The van der Waals surface area contributed by atoms with Crippen molar-refractivity contribution in [2.24, 2.45) is 0 Å². The minimum Gasteiger partial charge on any atom is -0.464 e. The maximum atomic E-state index is 14.3. The number of carboxylic acid groups (broad SMARTS) is 1. The zero-order valence-electron chi connectivity index (χ0n) is 26.5. The van der Waals surface area contributed by atoms with Crippen LogP contribution in [0.5, 0.6) is 0 Å². The molecule has 0 aliphatic heterocycles. The van der Waals surface area contributed by atoms with Gasteiger partial charge in [-0.25, -0.2) is 4.79 Å². The van der Waals surface area contributed by atoms with Gasteiger partial charge in [0.15, 0.2) is 0 Å². The number of amides is 1. The van der Waals surface area contributed by atoms with E-state index in [0.717, 1.165) is 80.9 Å². The van der Waals surface area contributed by atoms with Crippen LogP contribution in [0, 0.1) is 6.92 Å². The predicted octanol–water partition coefficient (Wildman–Crippen LogP) is 9.34. The molecule has 1 amide bonds. The second kappa shape index (κ2) is 16.0. The van der Waals surface area contributed by atoms with Crippen molar-refractivity contribution in [3.8, 4) is 0 Å². The highest BCUT2D eigenvalue weighted by Crippen LogP contribution is 2.42. The summed E-state index contributed by atoms with van der Waals surface area (Å²) in [5.74, 6) is 0.